The fourth-order valence-corrected chi connectivity index (χ4v) is 1.67. The molecule has 0 aliphatic carbocycles. The number of rotatable bonds is 8. The molecule has 0 aromatic carbocycles. The summed E-state index contributed by atoms with van der Waals surface area (Å²) in [4.78, 5) is 0. The first-order chi connectivity index (χ1) is 8.59. The second kappa shape index (κ2) is 8.09. The lowest BCUT2D eigenvalue weighted by Crippen LogP contribution is -2.20. The molecule has 0 unspecified atom stereocenters. The van der Waals surface area contributed by atoms with Crippen molar-refractivity contribution < 1.29 is 0 Å². The van der Waals surface area contributed by atoms with Gasteiger partial charge in [-0.15, -0.1) is 0 Å². The number of nitrogens with one attached hydrogen (secondary N) is 1. The van der Waals surface area contributed by atoms with E-state index in [0.29, 0.717) is 6.04 Å². The molecule has 0 radical (unpaired) electrons. The average molecular weight is 249 g/mol. The van der Waals surface area contributed by atoms with E-state index in [4.69, 9.17) is 0 Å². The number of hydrogen-bond donors (Lipinski definition) is 1. The Labute approximate surface area is 111 Å². The van der Waals surface area contributed by atoms with E-state index < -0.39 is 0 Å². The first-order valence-corrected chi connectivity index (χ1v) is 6.99. The van der Waals surface area contributed by atoms with Crippen molar-refractivity contribution in [2.45, 2.75) is 46.6 Å². The van der Waals surface area contributed by atoms with Crippen molar-refractivity contribution in [2.24, 2.45) is 5.92 Å². The summed E-state index contributed by atoms with van der Waals surface area (Å²) in [5.74, 6) is 0.731. The van der Waals surface area contributed by atoms with Crippen LogP contribution in [0, 0.1) is 5.92 Å². The summed E-state index contributed by atoms with van der Waals surface area (Å²) in [6.45, 7) is 10.9. The predicted molar refractivity (Wildman–Crippen MR) is 77.8 cm³/mol. The van der Waals surface area contributed by atoms with Crippen LogP contribution < -0.4 is 5.32 Å². The molecule has 0 atom stereocenters. The van der Waals surface area contributed by atoms with Gasteiger partial charge in [-0.05, 0) is 45.3 Å². The highest BCUT2D eigenvalue weighted by molar-refractivity contribution is 5.05. The first kappa shape index (κ1) is 15.0. The SMILES string of the molecule is CC(C)CNCCC=CCc1ccn(C(C)C)n1. The normalized spacial score (nSPS) is 12.1. The van der Waals surface area contributed by atoms with Crippen LogP contribution in [0.2, 0.25) is 0 Å². The third kappa shape index (κ3) is 6.01. The summed E-state index contributed by atoms with van der Waals surface area (Å²) in [5, 5.41) is 7.95. The molecule has 0 fully saturated rings. The van der Waals surface area contributed by atoms with Gasteiger partial charge in [-0.25, -0.2) is 0 Å². The Hall–Kier alpha value is -1.09. The van der Waals surface area contributed by atoms with Crippen molar-refractivity contribution in [1.82, 2.24) is 15.1 Å². The minimum Gasteiger partial charge on any atom is -0.316 e. The Morgan fingerprint density at radius 2 is 2.06 bits per heavy atom. The van der Waals surface area contributed by atoms with Crippen LogP contribution in [0.15, 0.2) is 24.4 Å². The number of hydrogen-bond acceptors (Lipinski definition) is 2. The minimum atomic E-state index is 0.447. The standard InChI is InChI=1S/C15H27N3/c1-13(2)12-16-10-7-5-6-8-15-9-11-18(17-15)14(3)4/h5-6,9,11,13-14,16H,7-8,10,12H2,1-4H3. The molecule has 18 heavy (non-hydrogen) atoms. The van der Waals surface area contributed by atoms with E-state index >= 15 is 0 Å². The summed E-state index contributed by atoms with van der Waals surface area (Å²) in [6, 6.07) is 2.55. The van der Waals surface area contributed by atoms with Crippen molar-refractivity contribution in [3.05, 3.63) is 30.1 Å². The van der Waals surface area contributed by atoms with Crippen LogP contribution in [-0.2, 0) is 6.42 Å². The zero-order valence-electron chi connectivity index (χ0n) is 12.2. The molecule has 1 heterocycles. The molecule has 0 saturated carbocycles. The van der Waals surface area contributed by atoms with E-state index in [2.05, 4.69) is 62.5 Å². The molecule has 0 amide bonds. The highest BCUT2D eigenvalue weighted by Crippen LogP contribution is 2.05. The highest BCUT2D eigenvalue weighted by Gasteiger charge is 1.99. The summed E-state index contributed by atoms with van der Waals surface area (Å²) in [5.41, 5.74) is 1.15. The summed E-state index contributed by atoms with van der Waals surface area (Å²) < 4.78 is 2.01. The molecule has 1 aromatic rings. The topological polar surface area (TPSA) is 29.9 Å². The van der Waals surface area contributed by atoms with Crippen LogP contribution >= 0.6 is 0 Å². The molecular weight excluding hydrogens is 222 g/mol. The largest absolute Gasteiger partial charge is 0.316 e. The molecule has 1 aromatic heterocycles. The molecule has 1 rings (SSSR count). The van der Waals surface area contributed by atoms with E-state index in [1.54, 1.807) is 0 Å². The van der Waals surface area contributed by atoms with Crippen molar-refractivity contribution in [3.63, 3.8) is 0 Å². The third-order valence-electron chi connectivity index (χ3n) is 2.73. The van der Waals surface area contributed by atoms with Gasteiger partial charge in [0.25, 0.3) is 0 Å². The summed E-state index contributed by atoms with van der Waals surface area (Å²) in [7, 11) is 0. The molecule has 0 spiro atoms. The second-order valence-electron chi connectivity index (χ2n) is 5.44. The first-order valence-electron chi connectivity index (χ1n) is 6.99. The van der Waals surface area contributed by atoms with Gasteiger partial charge >= 0.3 is 0 Å². The molecule has 0 saturated heterocycles. The maximum absolute atomic E-state index is 4.52. The molecule has 3 nitrogen and oxygen atoms in total. The molecule has 0 bridgehead atoms. The monoisotopic (exact) mass is 249 g/mol. The van der Waals surface area contributed by atoms with Gasteiger partial charge in [0.1, 0.15) is 0 Å². The van der Waals surface area contributed by atoms with E-state index in [1.807, 2.05) is 4.68 Å². The Morgan fingerprint density at radius 1 is 1.28 bits per heavy atom. The Bertz CT molecular complexity index is 350. The smallest absolute Gasteiger partial charge is 0.0662 e. The van der Waals surface area contributed by atoms with Gasteiger partial charge in [0.2, 0.25) is 0 Å². The van der Waals surface area contributed by atoms with Crippen LogP contribution in [0.5, 0.6) is 0 Å². The third-order valence-corrected chi connectivity index (χ3v) is 2.73. The van der Waals surface area contributed by atoms with Crippen LogP contribution in [0.1, 0.15) is 45.9 Å². The van der Waals surface area contributed by atoms with Crippen molar-refractivity contribution in [1.29, 1.82) is 0 Å². The Morgan fingerprint density at radius 3 is 2.67 bits per heavy atom. The van der Waals surface area contributed by atoms with Gasteiger partial charge in [0, 0.05) is 18.7 Å². The number of allylic oxidation sites excluding steroid dienone is 1. The molecular formula is C15H27N3. The van der Waals surface area contributed by atoms with E-state index in [-0.39, 0.29) is 0 Å². The highest BCUT2D eigenvalue weighted by atomic mass is 15.3. The fourth-order valence-electron chi connectivity index (χ4n) is 1.67. The molecule has 3 heteroatoms. The molecule has 0 aliphatic heterocycles. The fraction of sp³-hybridized carbons (Fsp3) is 0.667. The van der Waals surface area contributed by atoms with Gasteiger partial charge in [-0.2, -0.15) is 5.10 Å². The lowest BCUT2D eigenvalue weighted by Gasteiger charge is -2.04. The summed E-state index contributed by atoms with van der Waals surface area (Å²) in [6.07, 6.45) is 8.53. The van der Waals surface area contributed by atoms with Gasteiger partial charge in [0.15, 0.2) is 0 Å². The van der Waals surface area contributed by atoms with Gasteiger partial charge in [-0.3, -0.25) is 4.68 Å². The van der Waals surface area contributed by atoms with Crippen LogP contribution in [0.4, 0.5) is 0 Å². The predicted octanol–water partition coefficient (Wildman–Crippen LogP) is 3.20. The maximum atomic E-state index is 4.52. The number of aromatic nitrogens is 2. The Kier molecular flexibility index (Phi) is 6.73. The van der Waals surface area contributed by atoms with Crippen molar-refractivity contribution in [3.8, 4) is 0 Å². The van der Waals surface area contributed by atoms with Crippen LogP contribution in [0.3, 0.4) is 0 Å². The zero-order valence-corrected chi connectivity index (χ0v) is 12.2. The van der Waals surface area contributed by atoms with Crippen molar-refractivity contribution in [2.75, 3.05) is 13.1 Å². The minimum absolute atomic E-state index is 0.447. The molecule has 102 valence electrons. The van der Waals surface area contributed by atoms with Gasteiger partial charge in [-0.1, -0.05) is 26.0 Å². The quantitative estimate of drug-likeness (QED) is 0.566. The number of nitrogens with zero attached hydrogens (tertiary/aromatic N) is 2. The van der Waals surface area contributed by atoms with Crippen LogP contribution in [0.25, 0.3) is 0 Å². The van der Waals surface area contributed by atoms with Crippen molar-refractivity contribution >= 4 is 0 Å². The van der Waals surface area contributed by atoms with E-state index in [9.17, 15) is 0 Å². The van der Waals surface area contributed by atoms with E-state index in [1.165, 1.54) is 0 Å². The lowest BCUT2D eigenvalue weighted by molar-refractivity contribution is 0.528. The molecule has 1 N–H and O–H groups in total. The summed E-state index contributed by atoms with van der Waals surface area (Å²) >= 11 is 0. The van der Waals surface area contributed by atoms with E-state index in [0.717, 1.165) is 37.5 Å². The van der Waals surface area contributed by atoms with Gasteiger partial charge in [0.05, 0.1) is 5.69 Å². The maximum Gasteiger partial charge on any atom is 0.0662 e. The second-order valence-corrected chi connectivity index (χ2v) is 5.44. The lowest BCUT2D eigenvalue weighted by atomic mass is 10.2. The van der Waals surface area contributed by atoms with Gasteiger partial charge < -0.3 is 5.32 Å². The van der Waals surface area contributed by atoms with Crippen LogP contribution in [-0.4, -0.2) is 22.9 Å². The zero-order chi connectivity index (χ0) is 13.4. The molecule has 0 aliphatic rings. The Balaban J connectivity index is 2.15. The average Bonchev–Trinajstić information content (AvgIpc) is 2.76.